The van der Waals surface area contributed by atoms with Crippen molar-refractivity contribution in [2.75, 3.05) is 24.3 Å². The first kappa shape index (κ1) is 22.5. The van der Waals surface area contributed by atoms with Gasteiger partial charge in [-0.1, -0.05) is 27.7 Å². The Morgan fingerprint density at radius 3 is 2.10 bits per heavy atom. The number of hydrogen-bond donors (Lipinski definition) is 2. The molecule has 0 radical (unpaired) electrons. The minimum Gasteiger partial charge on any atom is -0.361 e. The second-order valence-corrected chi connectivity index (χ2v) is 9.15. The van der Waals surface area contributed by atoms with Crippen molar-refractivity contribution in [3.63, 3.8) is 0 Å². The number of rotatable bonds is 6. The van der Waals surface area contributed by atoms with Crippen LogP contribution in [0.1, 0.15) is 50.7 Å². The summed E-state index contributed by atoms with van der Waals surface area (Å²) in [6.07, 6.45) is 1.06. The number of nitrogens with one attached hydrogen (secondary N) is 2. The first-order chi connectivity index (χ1) is 13.4. The van der Waals surface area contributed by atoms with Crippen LogP contribution in [-0.4, -0.2) is 38.7 Å². The molecule has 158 valence electrons. The maximum Gasteiger partial charge on any atom is 0.333 e. The smallest absolute Gasteiger partial charge is 0.333 e. The Morgan fingerprint density at radius 1 is 1.07 bits per heavy atom. The van der Waals surface area contributed by atoms with E-state index in [4.69, 9.17) is 0 Å². The van der Waals surface area contributed by atoms with Crippen molar-refractivity contribution in [2.45, 2.75) is 44.4 Å². The number of sulfonamides is 1. The summed E-state index contributed by atoms with van der Waals surface area (Å²) in [6.45, 7) is 7.46. The third kappa shape index (κ3) is 5.41. The Hall–Kier alpha value is -2.75. The van der Waals surface area contributed by atoms with E-state index >= 15 is 0 Å². The lowest BCUT2D eigenvalue weighted by Gasteiger charge is -2.20. The molecule has 0 atom stereocenters. The quantitative estimate of drug-likeness (QED) is 0.738. The number of carbonyl (C=O) groups is 1. The van der Waals surface area contributed by atoms with Gasteiger partial charge in [0.05, 0.1) is 6.20 Å². The van der Waals surface area contributed by atoms with Gasteiger partial charge >= 0.3 is 6.03 Å². The second kappa shape index (κ2) is 8.73. The molecule has 0 bridgehead atoms. The molecule has 2 amide bonds. The molecule has 8 nitrogen and oxygen atoms in total. The Kier molecular flexibility index (Phi) is 6.78. The van der Waals surface area contributed by atoms with Crippen LogP contribution in [0.2, 0.25) is 0 Å². The number of hydrogen-bond acceptors (Lipinski definition) is 6. The van der Waals surface area contributed by atoms with Gasteiger partial charge in [-0.3, -0.25) is 0 Å². The summed E-state index contributed by atoms with van der Waals surface area (Å²) < 4.78 is 41.2. The molecule has 10 heteroatoms. The van der Waals surface area contributed by atoms with Gasteiger partial charge in [-0.15, -0.1) is 5.10 Å². The van der Waals surface area contributed by atoms with Gasteiger partial charge in [-0.05, 0) is 35.1 Å². The van der Waals surface area contributed by atoms with Gasteiger partial charge in [0.15, 0.2) is 5.82 Å². The zero-order valence-electron chi connectivity index (χ0n) is 17.3. The maximum absolute atomic E-state index is 14.0. The summed E-state index contributed by atoms with van der Waals surface area (Å²) in [4.78, 5) is 13.9. The topological polar surface area (TPSA) is 104 Å². The zero-order valence-corrected chi connectivity index (χ0v) is 18.1. The Balaban J connectivity index is 2.35. The van der Waals surface area contributed by atoms with E-state index in [1.54, 1.807) is 19.0 Å². The number of aromatic nitrogens is 2. The fraction of sp³-hybridized carbons (Fsp3) is 0.421. The van der Waals surface area contributed by atoms with Crippen molar-refractivity contribution in [3.8, 4) is 0 Å². The number of nitrogens with zero attached hydrogens (tertiary/aromatic N) is 3. The molecule has 0 aliphatic heterocycles. The van der Waals surface area contributed by atoms with Crippen LogP contribution in [0.15, 0.2) is 29.3 Å². The summed E-state index contributed by atoms with van der Waals surface area (Å²) >= 11 is 0. The second-order valence-electron chi connectivity index (χ2n) is 7.47. The molecule has 0 fully saturated rings. The number of carbonyl (C=O) groups excluding carboxylic acids is 1. The average Bonchev–Trinajstić information content (AvgIpc) is 2.62. The van der Waals surface area contributed by atoms with E-state index in [1.165, 1.54) is 18.2 Å². The van der Waals surface area contributed by atoms with Gasteiger partial charge in [0.25, 0.3) is 10.0 Å². The highest BCUT2D eigenvalue weighted by molar-refractivity contribution is 7.90. The van der Waals surface area contributed by atoms with Crippen molar-refractivity contribution >= 4 is 27.6 Å². The fourth-order valence-electron chi connectivity index (χ4n) is 2.73. The molecule has 0 saturated carbocycles. The predicted octanol–water partition coefficient (Wildman–Crippen LogP) is 3.44. The molecule has 29 heavy (non-hydrogen) atoms. The summed E-state index contributed by atoms with van der Waals surface area (Å²) in [5.41, 5.74) is 1.58. The average molecular weight is 424 g/mol. The van der Waals surface area contributed by atoms with Crippen LogP contribution in [0.4, 0.5) is 20.7 Å². The van der Waals surface area contributed by atoms with Crippen molar-refractivity contribution in [2.24, 2.45) is 0 Å². The zero-order chi connectivity index (χ0) is 21.9. The minimum absolute atomic E-state index is 0.0813. The highest BCUT2D eigenvalue weighted by atomic mass is 32.2. The number of halogens is 1. The number of anilines is 2. The standard InChI is InChI=1S/C19H26FN5O3S/c1-11(2)15-7-13(20)8-16(12(3)4)18(15)22-19(26)24-29(27,28)14-9-17(25(5)6)23-21-10-14/h7-12H,1-6H3,(H2,22,24,26). The van der Waals surface area contributed by atoms with E-state index in [2.05, 4.69) is 15.5 Å². The highest BCUT2D eigenvalue weighted by Gasteiger charge is 2.23. The molecule has 0 unspecified atom stereocenters. The van der Waals surface area contributed by atoms with Gasteiger partial charge in [-0.25, -0.2) is 22.3 Å². The Labute approximate surface area is 170 Å². The first-order valence-corrected chi connectivity index (χ1v) is 10.6. The summed E-state index contributed by atoms with van der Waals surface area (Å²) in [7, 11) is -0.794. The van der Waals surface area contributed by atoms with Crippen LogP contribution >= 0.6 is 0 Å². The van der Waals surface area contributed by atoms with Crippen molar-refractivity contribution in [1.82, 2.24) is 14.9 Å². The molecular formula is C19H26FN5O3S. The lowest BCUT2D eigenvalue weighted by atomic mass is 9.92. The van der Waals surface area contributed by atoms with Crippen LogP contribution in [0.3, 0.4) is 0 Å². The molecule has 2 N–H and O–H groups in total. The van der Waals surface area contributed by atoms with E-state index in [9.17, 15) is 17.6 Å². The third-order valence-corrected chi connectivity index (χ3v) is 5.56. The minimum atomic E-state index is -4.18. The molecule has 2 rings (SSSR count). The van der Waals surface area contributed by atoms with Crippen LogP contribution in [-0.2, 0) is 10.0 Å². The summed E-state index contributed by atoms with van der Waals surface area (Å²) in [5.74, 6) is -0.240. The molecule has 0 spiro atoms. The van der Waals surface area contributed by atoms with Gasteiger partial charge in [0.2, 0.25) is 0 Å². The lowest BCUT2D eigenvalue weighted by molar-refractivity contribution is 0.256. The molecule has 1 aromatic carbocycles. The molecule has 1 aromatic heterocycles. The van der Waals surface area contributed by atoms with Crippen LogP contribution < -0.4 is 14.9 Å². The monoisotopic (exact) mass is 423 g/mol. The lowest BCUT2D eigenvalue weighted by Crippen LogP contribution is -2.35. The highest BCUT2D eigenvalue weighted by Crippen LogP contribution is 2.33. The fourth-order valence-corrected chi connectivity index (χ4v) is 3.59. The predicted molar refractivity (Wildman–Crippen MR) is 110 cm³/mol. The number of amides is 2. The summed E-state index contributed by atoms with van der Waals surface area (Å²) in [5, 5.41) is 10.1. The van der Waals surface area contributed by atoms with Gasteiger partial charge in [0.1, 0.15) is 10.7 Å². The maximum atomic E-state index is 14.0. The normalized spacial score (nSPS) is 11.6. The van der Waals surface area contributed by atoms with Gasteiger partial charge < -0.3 is 10.2 Å². The van der Waals surface area contributed by atoms with E-state index < -0.39 is 21.9 Å². The Morgan fingerprint density at radius 2 is 1.62 bits per heavy atom. The first-order valence-electron chi connectivity index (χ1n) is 9.09. The van der Waals surface area contributed by atoms with Crippen LogP contribution in [0.25, 0.3) is 0 Å². The third-order valence-electron chi connectivity index (χ3n) is 4.26. The van der Waals surface area contributed by atoms with Crippen LogP contribution in [0.5, 0.6) is 0 Å². The SMILES string of the molecule is CC(C)c1cc(F)cc(C(C)C)c1NC(=O)NS(=O)(=O)c1cnnc(N(C)C)c1. The molecular weight excluding hydrogens is 397 g/mol. The largest absolute Gasteiger partial charge is 0.361 e. The Bertz CT molecular complexity index is 978. The van der Waals surface area contributed by atoms with E-state index in [1.807, 2.05) is 32.4 Å². The summed E-state index contributed by atoms with van der Waals surface area (Å²) in [6, 6.07) is 3.05. The van der Waals surface area contributed by atoms with Crippen molar-refractivity contribution in [3.05, 3.63) is 41.3 Å². The van der Waals surface area contributed by atoms with Gasteiger partial charge in [-0.2, -0.15) is 5.10 Å². The van der Waals surface area contributed by atoms with E-state index in [-0.39, 0.29) is 16.7 Å². The number of benzene rings is 1. The molecule has 0 saturated heterocycles. The molecule has 2 aromatic rings. The molecule has 0 aliphatic carbocycles. The van der Waals surface area contributed by atoms with E-state index in [0.29, 0.717) is 22.6 Å². The van der Waals surface area contributed by atoms with Crippen molar-refractivity contribution in [1.29, 1.82) is 0 Å². The van der Waals surface area contributed by atoms with Crippen LogP contribution in [0, 0.1) is 5.82 Å². The van der Waals surface area contributed by atoms with E-state index in [0.717, 1.165) is 6.20 Å². The van der Waals surface area contributed by atoms with Gasteiger partial charge in [0, 0.05) is 25.8 Å². The van der Waals surface area contributed by atoms with Crippen molar-refractivity contribution < 1.29 is 17.6 Å². The number of urea groups is 1. The molecule has 1 heterocycles. The molecule has 0 aliphatic rings.